The van der Waals surface area contributed by atoms with E-state index in [0.29, 0.717) is 23.1 Å². The number of hydrogen-bond acceptors (Lipinski definition) is 6. The number of carbonyl (C=O) groups is 1. The van der Waals surface area contributed by atoms with Gasteiger partial charge in [-0.05, 0) is 19.1 Å². The number of amides is 1. The lowest BCUT2D eigenvalue weighted by atomic mass is 10.2. The molecule has 0 saturated heterocycles. The molecule has 1 aliphatic heterocycles. The highest BCUT2D eigenvalue weighted by Crippen LogP contribution is 2.31. The Labute approximate surface area is 143 Å². The van der Waals surface area contributed by atoms with Crippen molar-refractivity contribution in [2.45, 2.75) is 13.0 Å². The molecule has 126 valence electrons. The van der Waals surface area contributed by atoms with E-state index in [9.17, 15) is 4.79 Å². The maximum Gasteiger partial charge on any atom is 0.269 e. The standard InChI is InChI=1S/C17H15N5O3/c1-11-18-6-7-22(11)17-19-8-12(9-20-17)21-16(23)15-10-24-13-4-2-3-5-14(13)25-15/h2-9,15H,10H2,1H3,(H,21,23). The highest BCUT2D eigenvalue weighted by molar-refractivity contribution is 5.94. The molecule has 8 heteroatoms. The average molecular weight is 337 g/mol. The van der Waals surface area contributed by atoms with Crippen molar-refractivity contribution in [3.05, 3.63) is 54.9 Å². The molecule has 0 radical (unpaired) electrons. The Morgan fingerprint density at radius 1 is 1.20 bits per heavy atom. The van der Waals surface area contributed by atoms with Crippen LogP contribution in [0.2, 0.25) is 0 Å². The predicted molar refractivity (Wildman–Crippen MR) is 88.9 cm³/mol. The summed E-state index contributed by atoms with van der Waals surface area (Å²) in [5.41, 5.74) is 0.481. The zero-order valence-corrected chi connectivity index (χ0v) is 13.4. The number of fused-ring (bicyclic) bond motifs is 1. The fraction of sp³-hybridized carbons (Fsp3) is 0.176. The predicted octanol–water partition coefficient (Wildman–Crippen LogP) is 1.75. The van der Waals surface area contributed by atoms with Crippen LogP contribution >= 0.6 is 0 Å². The van der Waals surface area contributed by atoms with Gasteiger partial charge in [-0.25, -0.2) is 15.0 Å². The third kappa shape index (κ3) is 3.01. The van der Waals surface area contributed by atoms with Gasteiger partial charge in [-0.15, -0.1) is 0 Å². The van der Waals surface area contributed by atoms with E-state index in [1.54, 1.807) is 29.1 Å². The third-order valence-corrected chi connectivity index (χ3v) is 3.75. The minimum Gasteiger partial charge on any atom is -0.485 e. The molecule has 1 unspecified atom stereocenters. The molecule has 0 bridgehead atoms. The normalized spacial score (nSPS) is 15.6. The van der Waals surface area contributed by atoms with Crippen LogP contribution in [-0.4, -0.2) is 38.1 Å². The SMILES string of the molecule is Cc1nccn1-c1ncc(NC(=O)C2COc3ccccc3O2)cn1. The Balaban J connectivity index is 1.44. The van der Waals surface area contributed by atoms with Gasteiger partial charge >= 0.3 is 0 Å². The number of aryl methyl sites for hydroxylation is 1. The molecule has 4 rings (SSSR count). The summed E-state index contributed by atoms with van der Waals surface area (Å²) < 4.78 is 13.0. The van der Waals surface area contributed by atoms with Gasteiger partial charge in [0.1, 0.15) is 12.4 Å². The maximum absolute atomic E-state index is 12.4. The van der Waals surface area contributed by atoms with Gasteiger partial charge in [-0.1, -0.05) is 12.1 Å². The Hall–Kier alpha value is -3.42. The summed E-state index contributed by atoms with van der Waals surface area (Å²) in [6, 6.07) is 7.24. The first-order valence-corrected chi connectivity index (χ1v) is 7.72. The van der Waals surface area contributed by atoms with Gasteiger partial charge in [-0.2, -0.15) is 0 Å². The van der Waals surface area contributed by atoms with Crippen LogP contribution in [-0.2, 0) is 4.79 Å². The van der Waals surface area contributed by atoms with Gasteiger partial charge in [0.05, 0.1) is 18.1 Å². The first-order chi connectivity index (χ1) is 12.2. The number of benzene rings is 1. The van der Waals surface area contributed by atoms with Crippen molar-refractivity contribution in [3.63, 3.8) is 0 Å². The minimum absolute atomic E-state index is 0.149. The van der Waals surface area contributed by atoms with Gasteiger partial charge in [0.2, 0.25) is 12.1 Å². The molecule has 2 aromatic heterocycles. The molecule has 0 saturated carbocycles. The summed E-state index contributed by atoms with van der Waals surface area (Å²) >= 11 is 0. The van der Waals surface area contributed by atoms with Crippen molar-refractivity contribution in [2.24, 2.45) is 0 Å². The van der Waals surface area contributed by atoms with Gasteiger partial charge in [0.15, 0.2) is 11.5 Å². The van der Waals surface area contributed by atoms with Crippen molar-refractivity contribution in [1.82, 2.24) is 19.5 Å². The highest BCUT2D eigenvalue weighted by atomic mass is 16.6. The van der Waals surface area contributed by atoms with Crippen molar-refractivity contribution < 1.29 is 14.3 Å². The van der Waals surface area contributed by atoms with Crippen molar-refractivity contribution >= 4 is 11.6 Å². The molecule has 0 fully saturated rings. The summed E-state index contributed by atoms with van der Waals surface area (Å²) in [5, 5.41) is 2.74. The number of anilines is 1. The molecule has 1 N–H and O–H groups in total. The summed E-state index contributed by atoms with van der Waals surface area (Å²) in [7, 11) is 0. The molecule has 3 heterocycles. The number of aromatic nitrogens is 4. The largest absolute Gasteiger partial charge is 0.485 e. The van der Waals surface area contributed by atoms with Crippen LogP contribution in [0.25, 0.3) is 5.95 Å². The van der Waals surface area contributed by atoms with Gasteiger partial charge < -0.3 is 14.8 Å². The van der Waals surface area contributed by atoms with E-state index >= 15 is 0 Å². The lowest BCUT2D eigenvalue weighted by Gasteiger charge is -2.25. The zero-order valence-electron chi connectivity index (χ0n) is 13.4. The monoisotopic (exact) mass is 337 g/mol. The van der Waals surface area contributed by atoms with Crippen LogP contribution in [0.1, 0.15) is 5.82 Å². The molecule has 0 spiro atoms. The number of para-hydroxylation sites is 2. The van der Waals surface area contributed by atoms with E-state index in [2.05, 4.69) is 20.3 Å². The second-order valence-corrected chi connectivity index (χ2v) is 5.47. The topological polar surface area (TPSA) is 91.2 Å². The van der Waals surface area contributed by atoms with Crippen molar-refractivity contribution in [3.8, 4) is 17.4 Å². The highest BCUT2D eigenvalue weighted by Gasteiger charge is 2.27. The van der Waals surface area contributed by atoms with Crippen LogP contribution in [0.4, 0.5) is 5.69 Å². The quantitative estimate of drug-likeness (QED) is 0.783. The van der Waals surface area contributed by atoms with E-state index < -0.39 is 6.10 Å². The molecule has 1 aliphatic rings. The van der Waals surface area contributed by atoms with Gasteiger partial charge in [0, 0.05) is 12.4 Å². The summed E-state index contributed by atoms with van der Waals surface area (Å²) in [4.78, 5) is 25.0. The minimum atomic E-state index is -0.731. The molecule has 1 amide bonds. The average Bonchev–Trinajstić information content (AvgIpc) is 3.08. The number of hydrogen-bond donors (Lipinski definition) is 1. The number of nitrogens with one attached hydrogen (secondary N) is 1. The number of nitrogens with zero attached hydrogens (tertiary/aromatic N) is 4. The fourth-order valence-corrected chi connectivity index (χ4v) is 2.47. The Kier molecular flexibility index (Phi) is 3.77. The summed E-state index contributed by atoms with van der Waals surface area (Å²) in [6.07, 6.45) is 5.79. The molecule has 3 aromatic rings. The number of imidazole rings is 1. The van der Waals surface area contributed by atoms with E-state index in [-0.39, 0.29) is 12.5 Å². The molecule has 1 aromatic carbocycles. The molecule has 1 atom stereocenters. The Bertz CT molecular complexity index is 907. The van der Waals surface area contributed by atoms with Crippen LogP contribution in [0.15, 0.2) is 49.1 Å². The van der Waals surface area contributed by atoms with Crippen LogP contribution in [0.3, 0.4) is 0 Å². The number of rotatable bonds is 3. The number of ether oxygens (including phenoxy) is 2. The number of carbonyl (C=O) groups excluding carboxylic acids is 1. The molecule has 8 nitrogen and oxygen atoms in total. The second kappa shape index (κ2) is 6.23. The first-order valence-electron chi connectivity index (χ1n) is 7.72. The lowest BCUT2D eigenvalue weighted by Crippen LogP contribution is -2.40. The van der Waals surface area contributed by atoms with Crippen molar-refractivity contribution in [1.29, 1.82) is 0 Å². The Morgan fingerprint density at radius 3 is 2.68 bits per heavy atom. The first kappa shape index (κ1) is 15.1. The maximum atomic E-state index is 12.4. The van der Waals surface area contributed by atoms with Crippen LogP contribution < -0.4 is 14.8 Å². The van der Waals surface area contributed by atoms with E-state index in [4.69, 9.17) is 9.47 Å². The van der Waals surface area contributed by atoms with Crippen molar-refractivity contribution in [2.75, 3.05) is 11.9 Å². The third-order valence-electron chi connectivity index (χ3n) is 3.75. The summed E-state index contributed by atoms with van der Waals surface area (Å²) in [6.45, 7) is 2.01. The second-order valence-electron chi connectivity index (χ2n) is 5.47. The van der Waals surface area contributed by atoms with E-state index in [0.717, 1.165) is 5.82 Å². The van der Waals surface area contributed by atoms with E-state index in [1.165, 1.54) is 12.4 Å². The van der Waals surface area contributed by atoms with E-state index in [1.807, 2.05) is 19.1 Å². The smallest absolute Gasteiger partial charge is 0.269 e. The summed E-state index contributed by atoms with van der Waals surface area (Å²) in [5.74, 6) is 2.14. The Morgan fingerprint density at radius 2 is 1.96 bits per heavy atom. The molecular weight excluding hydrogens is 322 g/mol. The van der Waals surface area contributed by atoms with Gasteiger partial charge in [0.25, 0.3) is 5.91 Å². The lowest BCUT2D eigenvalue weighted by molar-refractivity contribution is -0.125. The van der Waals surface area contributed by atoms with Gasteiger partial charge in [-0.3, -0.25) is 9.36 Å². The molecule has 0 aliphatic carbocycles. The molecule has 25 heavy (non-hydrogen) atoms. The van der Waals surface area contributed by atoms with Crippen LogP contribution in [0.5, 0.6) is 11.5 Å². The zero-order chi connectivity index (χ0) is 17.2. The molecular formula is C17H15N5O3. The van der Waals surface area contributed by atoms with Crippen LogP contribution in [0, 0.1) is 6.92 Å². The fourth-order valence-electron chi connectivity index (χ4n) is 2.47.